The van der Waals surface area contributed by atoms with Gasteiger partial charge in [0, 0.05) is 26.1 Å². The van der Waals surface area contributed by atoms with E-state index in [2.05, 4.69) is 11.3 Å². The molecule has 0 saturated carbocycles. The average Bonchev–Trinajstić information content (AvgIpc) is 2.11. The van der Waals surface area contributed by atoms with Gasteiger partial charge in [0.25, 0.3) is 0 Å². The predicted octanol–water partition coefficient (Wildman–Crippen LogP) is 1.38. The van der Waals surface area contributed by atoms with E-state index in [1.165, 1.54) is 7.11 Å². The van der Waals surface area contributed by atoms with Crippen LogP contribution in [0.3, 0.4) is 0 Å². The Hall–Kier alpha value is -0.900. The number of methoxy groups -OCH3 is 1. The van der Waals surface area contributed by atoms with E-state index in [1.807, 2.05) is 19.0 Å². The summed E-state index contributed by atoms with van der Waals surface area (Å²) in [6, 6.07) is 0. The largest absolute Gasteiger partial charge is 0.466 e. The number of esters is 1. The van der Waals surface area contributed by atoms with Crippen molar-refractivity contribution in [2.45, 2.75) is 12.8 Å². The van der Waals surface area contributed by atoms with Crippen LogP contribution in [-0.2, 0) is 9.53 Å². The van der Waals surface area contributed by atoms with E-state index in [0.717, 1.165) is 4.99 Å². The van der Waals surface area contributed by atoms with Crippen LogP contribution in [0.15, 0.2) is 12.2 Å². The molecule has 0 aliphatic heterocycles. The van der Waals surface area contributed by atoms with Crippen molar-refractivity contribution in [1.82, 2.24) is 4.90 Å². The quantitative estimate of drug-likeness (QED) is 0.390. The summed E-state index contributed by atoms with van der Waals surface area (Å²) in [5.74, 6) is -0.360. The molecule has 0 amide bonds. The molecule has 0 unspecified atom stereocenters. The van der Waals surface area contributed by atoms with Gasteiger partial charge in [-0.1, -0.05) is 18.8 Å². The normalized spacial score (nSPS) is 9.15. The lowest BCUT2D eigenvalue weighted by molar-refractivity contribution is -0.136. The maximum atomic E-state index is 10.9. The molecule has 0 saturated heterocycles. The van der Waals surface area contributed by atoms with Gasteiger partial charge < -0.3 is 9.64 Å². The van der Waals surface area contributed by atoms with Gasteiger partial charge in [-0.3, -0.25) is 0 Å². The maximum absolute atomic E-state index is 10.9. The van der Waals surface area contributed by atoms with Gasteiger partial charge in [-0.2, -0.15) is 0 Å². The number of nitrogens with zero attached hydrogens (tertiary/aromatic N) is 1. The molecule has 0 N–H and O–H groups in total. The van der Waals surface area contributed by atoms with E-state index in [1.54, 1.807) is 0 Å². The second-order valence-corrected chi connectivity index (χ2v) is 3.35. The summed E-state index contributed by atoms with van der Waals surface area (Å²) >= 11 is 5.05. The van der Waals surface area contributed by atoms with Crippen molar-refractivity contribution in [3.05, 3.63) is 12.2 Å². The van der Waals surface area contributed by atoms with Crippen molar-refractivity contribution in [3.8, 4) is 0 Å². The fraction of sp³-hybridized carbons (Fsp3) is 0.556. The van der Waals surface area contributed by atoms with E-state index in [9.17, 15) is 4.79 Å². The molecule has 4 heteroatoms. The van der Waals surface area contributed by atoms with Gasteiger partial charge in [0.2, 0.25) is 0 Å². The Kier molecular flexibility index (Phi) is 5.30. The van der Waals surface area contributed by atoms with Crippen molar-refractivity contribution in [3.63, 3.8) is 0 Å². The molecule has 3 nitrogen and oxygen atoms in total. The number of ether oxygens (including phenoxy) is 1. The minimum absolute atomic E-state index is 0.360. The molecule has 0 aromatic heterocycles. The molecular formula is C9H15NO2S. The molecule has 0 spiro atoms. The first-order valence-corrected chi connectivity index (χ1v) is 4.36. The lowest BCUT2D eigenvalue weighted by Gasteiger charge is -2.13. The first-order valence-electron chi connectivity index (χ1n) is 3.95. The van der Waals surface area contributed by atoms with Crippen LogP contribution in [0.4, 0.5) is 0 Å². The molecule has 0 fully saturated rings. The first-order chi connectivity index (χ1) is 5.99. The third-order valence-electron chi connectivity index (χ3n) is 1.61. The summed E-state index contributed by atoms with van der Waals surface area (Å²) in [6.07, 6.45) is 1.22. The van der Waals surface area contributed by atoms with Crippen LogP contribution < -0.4 is 0 Å². The summed E-state index contributed by atoms with van der Waals surface area (Å²) in [6.45, 7) is 3.60. The third-order valence-corrected chi connectivity index (χ3v) is 2.18. The second-order valence-electron chi connectivity index (χ2n) is 2.88. The molecule has 0 aliphatic carbocycles. The monoisotopic (exact) mass is 201 g/mol. The highest BCUT2D eigenvalue weighted by Crippen LogP contribution is 2.06. The van der Waals surface area contributed by atoms with E-state index in [4.69, 9.17) is 12.2 Å². The van der Waals surface area contributed by atoms with Crippen molar-refractivity contribution < 1.29 is 9.53 Å². The zero-order valence-electron chi connectivity index (χ0n) is 8.29. The number of hydrogen-bond donors (Lipinski definition) is 0. The van der Waals surface area contributed by atoms with E-state index >= 15 is 0 Å². The summed E-state index contributed by atoms with van der Waals surface area (Å²) in [7, 11) is 5.10. The predicted molar refractivity (Wildman–Crippen MR) is 56.7 cm³/mol. The maximum Gasteiger partial charge on any atom is 0.333 e. The number of carbonyl (C=O) groups excluding carboxylic acids is 1. The molecule has 0 bridgehead atoms. The number of rotatable bonds is 4. The lowest BCUT2D eigenvalue weighted by atomic mass is 10.1. The smallest absolute Gasteiger partial charge is 0.333 e. The zero-order chi connectivity index (χ0) is 10.4. The van der Waals surface area contributed by atoms with Crippen LogP contribution in [0.2, 0.25) is 0 Å². The van der Waals surface area contributed by atoms with Crippen LogP contribution in [0.1, 0.15) is 12.8 Å². The van der Waals surface area contributed by atoms with Gasteiger partial charge in [-0.25, -0.2) is 4.79 Å². The van der Waals surface area contributed by atoms with Gasteiger partial charge in [0.05, 0.1) is 12.1 Å². The standard InChI is InChI=1S/C9H15NO2S/c1-7(9(11)12-4)5-6-8(13)10(2)3/h1,5-6H2,2-4H3. The Balaban J connectivity index is 3.84. The topological polar surface area (TPSA) is 29.5 Å². The summed E-state index contributed by atoms with van der Waals surface area (Å²) < 4.78 is 4.51. The van der Waals surface area contributed by atoms with Crippen molar-refractivity contribution >= 4 is 23.2 Å². The van der Waals surface area contributed by atoms with Crippen LogP contribution >= 0.6 is 12.2 Å². The third kappa shape index (κ3) is 4.62. The fourth-order valence-electron chi connectivity index (χ4n) is 0.728. The molecule has 13 heavy (non-hydrogen) atoms. The van der Waals surface area contributed by atoms with Crippen LogP contribution in [-0.4, -0.2) is 37.1 Å². The van der Waals surface area contributed by atoms with Gasteiger partial charge in [0.1, 0.15) is 0 Å². The molecule has 0 radical (unpaired) electrons. The zero-order valence-corrected chi connectivity index (χ0v) is 9.11. The lowest BCUT2D eigenvalue weighted by Crippen LogP contribution is -2.19. The van der Waals surface area contributed by atoms with Gasteiger partial charge in [-0.15, -0.1) is 0 Å². The molecule has 0 rings (SSSR count). The molecule has 0 heterocycles. The van der Waals surface area contributed by atoms with Crippen LogP contribution in [0.25, 0.3) is 0 Å². The minimum atomic E-state index is -0.360. The fourth-order valence-corrected chi connectivity index (χ4v) is 0.830. The van der Waals surface area contributed by atoms with Gasteiger partial charge in [0.15, 0.2) is 0 Å². The Morgan fingerprint density at radius 1 is 1.46 bits per heavy atom. The number of carbonyl (C=O) groups is 1. The minimum Gasteiger partial charge on any atom is -0.466 e. The Morgan fingerprint density at radius 2 is 2.00 bits per heavy atom. The first kappa shape index (κ1) is 12.1. The van der Waals surface area contributed by atoms with Gasteiger partial charge in [-0.05, 0) is 6.42 Å². The molecule has 0 aliphatic rings. The van der Waals surface area contributed by atoms with E-state index in [-0.39, 0.29) is 5.97 Å². The number of hydrogen-bond acceptors (Lipinski definition) is 3. The summed E-state index contributed by atoms with van der Waals surface area (Å²) in [4.78, 5) is 13.6. The second kappa shape index (κ2) is 5.70. The highest BCUT2D eigenvalue weighted by Gasteiger charge is 2.07. The van der Waals surface area contributed by atoms with E-state index < -0.39 is 0 Å². The summed E-state index contributed by atoms with van der Waals surface area (Å²) in [5, 5.41) is 0. The number of thiocarbonyl (C=S) groups is 1. The Labute approximate surface area is 84.4 Å². The van der Waals surface area contributed by atoms with Crippen molar-refractivity contribution in [1.29, 1.82) is 0 Å². The van der Waals surface area contributed by atoms with Crippen LogP contribution in [0, 0.1) is 0 Å². The summed E-state index contributed by atoms with van der Waals surface area (Å²) in [5.41, 5.74) is 0.465. The molecule has 0 aromatic rings. The molecule has 0 aromatic carbocycles. The molecular weight excluding hydrogens is 186 g/mol. The van der Waals surface area contributed by atoms with Gasteiger partial charge >= 0.3 is 5.97 Å². The average molecular weight is 201 g/mol. The molecule has 0 atom stereocenters. The molecule has 74 valence electrons. The van der Waals surface area contributed by atoms with E-state index in [0.29, 0.717) is 18.4 Å². The van der Waals surface area contributed by atoms with Crippen molar-refractivity contribution in [2.24, 2.45) is 0 Å². The van der Waals surface area contributed by atoms with Crippen molar-refractivity contribution in [2.75, 3.05) is 21.2 Å². The highest BCUT2D eigenvalue weighted by atomic mass is 32.1. The SMILES string of the molecule is C=C(CCC(=S)N(C)C)C(=O)OC. The Bertz CT molecular complexity index is 224. The van der Waals surface area contributed by atoms with Crippen LogP contribution in [0.5, 0.6) is 0 Å². The highest BCUT2D eigenvalue weighted by molar-refractivity contribution is 7.80. The Morgan fingerprint density at radius 3 is 2.38 bits per heavy atom.